The summed E-state index contributed by atoms with van der Waals surface area (Å²) in [5.74, 6) is 0.127. The van der Waals surface area contributed by atoms with E-state index in [9.17, 15) is 9.18 Å². The van der Waals surface area contributed by atoms with Crippen molar-refractivity contribution in [3.63, 3.8) is 0 Å². The summed E-state index contributed by atoms with van der Waals surface area (Å²) in [5, 5.41) is 17.4. The monoisotopic (exact) mass is 330 g/mol. The largest absolute Gasteiger partial charge is 0.359 e. The minimum atomic E-state index is -0.309. The minimum absolute atomic E-state index is 0.0946. The molecule has 1 aromatic carbocycles. The van der Waals surface area contributed by atoms with Gasteiger partial charge in [-0.1, -0.05) is 5.16 Å². The molecular formula is C15H15FN6O2. The third-order valence-corrected chi connectivity index (χ3v) is 3.34. The summed E-state index contributed by atoms with van der Waals surface area (Å²) < 4.78 is 19.6. The Kier molecular flexibility index (Phi) is 4.90. The number of hydrogen-bond acceptors (Lipinski definition) is 6. The third-order valence-electron chi connectivity index (χ3n) is 3.34. The second-order valence-electron chi connectivity index (χ2n) is 5.14. The van der Waals surface area contributed by atoms with Crippen LogP contribution in [0.5, 0.6) is 0 Å². The molecule has 0 bridgehead atoms. The number of aromatic nitrogens is 5. The second-order valence-corrected chi connectivity index (χ2v) is 5.14. The molecule has 0 atom stereocenters. The number of rotatable bonds is 7. The highest BCUT2D eigenvalue weighted by atomic mass is 19.1. The summed E-state index contributed by atoms with van der Waals surface area (Å²) in [7, 11) is 0. The molecular weight excluding hydrogens is 315 g/mol. The Morgan fingerprint density at radius 1 is 1.29 bits per heavy atom. The second kappa shape index (κ2) is 7.44. The highest BCUT2D eigenvalue weighted by Crippen LogP contribution is 2.19. The number of benzene rings is 1. The van der Waals surface area contributed by atoms with Crippen molar-refractivity contribution in [1.29, 1.82) is 0 Å². The highest BCUT2D eigenvalue weighted by Gasteiger charge is 2.08. The van der Waals surface area contributed by atoms with Gasteiger partial charge in [0.2, 0.25) is 5.91 Å². The van der Waals surface area contributed by atoms with E-state index in [4.69, 9.17) is 4.52 Å². The molecule has 0 aliphatic heterocycles. The molecule has 0 saturated heterocycles. The molecule has 24 heavy (non-hydrogen) atoms. The number of carbonyl (C=O) groups excluding carboxylic acids is 1. The molecule has 0 aliphatic carbocycles. The van der Waals surface area contributed by atoms with E-state index in [1.807, 2.05) is 0 Å². The minimum Gasteiger partial charge on any atom is -0.359 e. The summed E-state index contributed by atoms with van der Waals surface area (Å²) in [6.07, 6.45) is 2.50. The fraction of sp³-hybridized carbons (Fsp3) is 0.267. The fourth-order valence-electron chi connectivity index (χ4n) is 2.11. The predicted octanol–water partition coefficient (Wildman–Crippen LogP) is 1.56. The van der Waals surface area contributed by atoms with Gasteiger partial charge in [-0.15, -0.1) is 5.10 Å². The van der Waals surface area contributed by atoms with Gasteiger partial charge in [0.25, 0.3) is 0 Å². The summed E-state index contributed by atoms with van der Waals surface area (Å²) >= 11 is 0. The third kappa shape index (κ3) is 4.22. The number of tetrazole rings is 1. The summed E-state index contributed by atoms with van der Waals surface area (Å²) in [6.45, 7) is 0.829. The van der Waals surface area contributed by atoms with Crippen LogP contribution in [0.2, 0.25) is 0 Å². The first-order valence-electron chi connectivity index (χ1n) is 7.40. The molecule has 8 nitrogen and oxygen atoms in total. The number of carbonyl (C=O) groups is 1. The van der Waals surface area contributed by atoms with Crippen LogP contribution in [-0.4, -0.2) is 31.3 Å². The van der Waals surface area contributed by atoms with Gasteiger partial charge in [0.05, 0.1) is 6.54 Å². The van der Waals surface area contributed by atoms with Crippen molar-refractivity contribution in [2.24, 2.45) is 0 Å². The Bertz CT molecular complexity index is 785. The van der Waals surface area contributed by atoms with Crippen LogP contribution in [0, 0.1) is 5.82 Å². The Morgan fingerprint density at radius 3 is 2.88 bits per heavy atom. The maximum absolute atomic E-state index is 12.9. The molecule has 124 valence electrons. The van der Waals surface area contributed by atoms with Crippen LogP contribution in [0.15, 0.2) is 41.2 Å². The van der Waals surface area contributed by atoms with Crippen molar-refractivity contribution in [3.05, 3.63) is 48.2 Å². The summed E-state index contributed by atoms with van der Waals surface area (Å²) in [6, 6.07) is 7.67. The van der Waals surface area contributed by atoms with Gasteiger partial charge in [0, 0.05) is 24.6 Å². The number of amides is 1. The number of aryl methyl sites for hydroxylation is 1. The molecule has 1 amide bonds. The summed E-state index contributed by atoms with van der Waals surface area (Å²) in [4.78, 5) is 11.8. The lowest BCUT2D eigenvalue weighted by atomic mass is 10.1. The van der Waals surface area contributed by atoms with Crippen LogP contribution >= 0.6 is 0 Å². The van der Waals surface area contributed by atoms with Crippen LogP contribution in [0.25, 0.3) is 11.3 Å². The Labute approximate surface area is 136 Å². The lowest BCUT2D eigenvalue weighted by molar-refractivity contribution is -0.121. The Hall–Kier alpha value is -3.10. The van der Waals surface area contributed by atoms with E-state index in [0.29, 0.717) is 30.8 Å². The van der Waals surface area contributed by atoms with Crippen molar-refractivity contribution in [2.45, 2.75) is 25.9 Å². The van der Waals surface area contributed by atoms with Gasteiger partial charge in [-0.3, -0.25) is 4.79 Å². The van der Waals surface area contributed by atoms with E-state index in [1.165, 1.54) is 18.5 Å². The zero-order chi connectivity index (χ0) is 16.8. The molecule has 2 aromatic heterocycles. The molecule has 3 rings (SSSR count). The zero-order valence-corrected chi connectivity index (χ0v) is 12.7. The van der Waals surface area contributed by atoms with Crippen LogP contribution in [0.1, 0.15) is 18.6 Å². The fourth-order valence-corrected chi connectivity index (χ4v) is 2.11. The number of nitrogens with one attached hydrogen (secondary N) is 1. The average molecular weight is 330 g/mol. The van der Waals surface area contributed by atoms with Gasteiger partial charge in [0.15, 0.2) is 5.76 Å². The summed E-state index contributed by atoms with van der Waals surface area (Å²) in [5.41, 5.74) is 1.34. The van der Waals surface area contributed by atoms with Gasteiger partial charge < -0.3 is 9.84 Å². The molecule has 2 heterocycles. The normalized spacial score (nSPS) is 10.7. The quantitative estimate of drug-likeness (QED) is 0.706. The van der Waals surface area contributed by atoms with E-state index >= 15 is 0 Å². The van der Waals surface area contributed by atoms with E-state index in [1.54, 1.807) is 22.9 Å². The van der Waals surface area contributed by atoms with Gasteiger partial charge in [0.1, 0.15) is 17.8 Å². The maximum Gasteiger partial charge on any atom is 0.220 e. The van der Waals surface area contributed by atoms with Gasteiger partial charge in [-0.2, -0.15) is 0 Å². The molecule has 0 fully saturated rings. The van der Waals surface area contributed by atoms with Gasteiger partial charge in [-0.05, 0) is 41.1 Å². The first-order chi connectivity index (χ1) is 11.7. The highest BCUT2D eigenvalue weighted by molar-refractivity contribution is 5.75. The first-order valence-corrected chi connectivity index (χ1v) is 7.40. The van der Waals surface area contributed by atoms with Crippen LogP contribution in [-0.2, 0) is 17.9 Å². The van der Waals surface area contributed by atoms with Crippen molar-refractivity contribution >= 4 is 5.91 Å². The molecule has 1 N–H and O–H groups in total. The van der Waals surface area contributed by atoms with Crippen molar-refractivity contribution in [3.8, 4) is 11.3 Å². The molecule has 3 aromatic rings. The average Bonchev–Trinajstić information content (AvgIpc) is 3.25. The van der Waals surface area contributed by atoms with Crippen LogP contribution < -0.4 is 5.32 Å². The maximum atomic E-state index is 12.9. The molecule has 0 saturated carbocycles. The number of nitrogens with zero attached hydrogens (tertiary/aromatic N) is 5. The topological polar surface area (TPSA) is 98.7 Å². The van der Waals surface area contributed by atoms with Gasteiger partial charge in [-0.25, -0.2) is 9.07 Å². The lowest BCUT2D eigenvalue weighted by Crippen LogP contribution is -2.22. The first kappa shape index (κ1) is 15.8. The van der Waals surface area contributed by atoms with Gasteiger partial charge >= 0.3 is 0 Å². The molecule has 0 spiro atoms. The van der Waals surface area contributed by atoms with Crippen LogP contribution in [0.3, 0.4) is 0 Å². The van der Waals surface area contributed by atoms with Crippen molar-refractivity contribution in [2.75, 3.05) is 0 Å². The lowest BCUT2D eigenvalue weighted by Gasteiger charge is -2.02. The van der Waals surface area contributed by atoms with E-state index in [-0.39, 0.29) is 18.3 Å². The number of halogens is 1. The standard InChI is InChI=1S/C15H15FN6O2/c16-12-5-3-11(4-6-12)14-8-13(24-19-14)9-17-15(23)2-1-7-22-10-18-20-21-22/h3-6,8,10H,1-2,7,9H2,(H,17,23). The Morgan fingerprint density at radius 2 is 2.12 bits per heavy atom. The predicted molar refractivity (Wildman–Crippen MR) is 80.8 cm³/mol. The smallest absolute Gasteiger partial charge is 0.220 e. The molecule has 0 unspecified atom stereocenters. The van der Waals surface area contributed by atoms with E-state index in [0.717, 1.165) is 5.56 Å². The molecule has 0 radical (unpaired) electrons. The SMILES string of the molecule is O=C(CCCn1cnnn1)NCc1cc(-c2ccc(F)cc2)no1. The zero-order valence-electron chi connectivity index (χ0n) is 12.7. The van der Waals surface area contributed by atoms with E-state index < -0.39 is 0 Å². The van der Waals surface area contributed by atoms with E-state index in [2.05, 4.69) is 26.0 Å². The van der Waals surface area contributed by atoms with Crippen molar-refractivity contribution in [1.82, 2.24) is 30.7 Å². The van der Waals surface area contributed by atoms with Crippen LogP contribution in [0.4, 0.5) is 4.39 Å². The Balaban J connectivity index is 1.44. The van der Waals surface area contributed by atoms with Crippen molar-refractivity contribution < 1.29 is 13.7 Å². The molecule has 0 aliphatic rings. The molecule has 9 heteroatoms. The number of hydrogen-bond donors (Lipinski definition) is 1.